The molecule has 126 valence electrons. The number of halogens is 3. The zero-order valence-corrected chi connectivity index (χ0v) is 14.1. The molecular formula is C17H10ClF2N3OS. The highest BCUT2D eigenvalue weighted by Crippen LogP contribution is 2.26. The minimum atomic E-state index is -0.619. The maximum absolute atomic E-state index is 13.7. The predicted molar refractivity (Wildman–Crippen MR) is 94.4 cm³/mol. The zero-order chi connectivity index (χ0) is 17.8. The molecule has 0 fully saturated rings. The molecule has 1 N–H and O–H groups in total. The fraction of sp³-hybridized carbons (Fsp3) is 0. The lowest BCUT2D eigenvalue weighted by molar-refractivity contribution is 0.102. The Morgan fingerprint density at radius 2 is 1.80 bits per heavy atom. The van der Waals surface area contributed by atoms with Gasteiger partial charge in [-0.3, -0.25) is 4.79 Å². The molecule has 0 saturated heterocycles. The molecule has 2 aromatic carbocycles. The number of nitrogens with one attached hydrogen (secondary N) is 1. The quantitative estimate of drug-likeness (QED) is 0.710. The van der Waals surface area contributed by atoms with E-state index < -0.39 is 17.5 Å². The molecule has 25 heavy (non-hydrogen) atoms. The van der Waals surface area contributed by atoms with Gasteiger partial charge in [0.05, 0.1) is 5.03 Å². The number of nitrogens with zero attached hydrogens (tertiary/aromatic N) is 2. The molecule has 3 aromatic rings. The molecule has 0 bridgehead atoms. The van der Waals surface area contributed by atoms with Gasteiger partial charge in [-0.25, -0.2) is 8.78 Å². The van der Waals surface area contributed by atoms with E-state index in [1.807, 2.05) is 6.07 Å². The van der Waals surface area contributed by atoms with Crippen LogP contribution in [-0.2, 0) is 0 Å². The maximum Gasteiger partial charge on any atom is 0.286 e. The first-order valence-electron chi connectivity index (χ1n) is 7.05. The molecule has 0 spiro atoms. The average Bonchev–Trinajstić information content (AvgIpc) is 3.09. The van der Waals surface area contributed by atoms with Gasteiger partial charge in [0.1, 0.15) is 11.6 Å². The van der Waals surface area contributed by atoms with Gasteiger partial charge in [0.15, 0.2) is 5.01 Å². The molecule has 1 aromatic heterocycles. The number of rotatable bonds is 4. The Balaban J connectivity index is 1.79. The van der Waals surface area contributed by atoms with Crippen LogP contribution >= 0.6 is 22.9 Å². The van der Waals surface area contributed by atoms with Crippen molar-refractivity contribution in [2.45, 2.75) is 0 Å². The van der Waals surface area contributed by atoms with E-state index >= 15 is 0 Å². The van der Waals surface area contributed by atoms with E-state index in [1.165, 1.54) is 6.08 Å². The van der Waals surface area contributed by atoms with Crippen LogP contribution in [0.3, 0.4) is 0 Å². The topological polar surface area (TPSA) is 54.9 Å². The first-order valence-corrected chi connectivity index (χ1v) is 8.25. The van der Waals surface area contributed by atoms with Crippen LogP contribution in [0.2, 0.25) is 0 Å². The highest BCUT2D eigenvalue weighted by Gasteiger charge is 2.15. The fourth-order valence-electron chi connectivity index (χ4n) is 1.94. The van der Waals surface area contributed by atoms with Gasteiger partial charge in [-0.2, -0.15) is 0 Å². The Morgan fingerprint density at radius 1 is 1.08 bits per heavy atom. The lowest BCUT2D eigenvalue weighted by atomic mass is 10.2. The summed E-state index contributed by atoms with van der Waals surface area (Å²) in [7, 11) is 0. The summed E-state index contributed by atoms with van der Waals surface area (Å²) < 4.78 is 26.9. The molecule has 0 atom stereocenters. The van der Waals surface area contributed by atoms with Crippen molar-refractivity contribution < 1.29 is 13.6 Å². The number of carbonyl (C=O) groups is 1. The molecule has 3 rings (SSSR count). The number of anilines is 1. The lowest BCUT2D eigenvalue weighted by Gasteiger charge is -2.00. The largest absolute Gasteiger partial charge is 0.320 e. The summed E-state index contributed by atoms with van der Waals surface area (Å²) in [6.07, 6.45) is 1.24. The van der Waals surface area contributed by atoms with Gasteiger partial charge in [0.25, 0.3) is 5.91 Å². The molecule has 0 aliphatic heterocycles. The predicted octanol–water partition coefficient (Wildman–Crippen LogP) is 4.81. The van der Waals surface area contributed by atoms with E-state index in [0.717, 1.165) is 29.5 Å². The summed E-state index contributed by atoms with van der Waals surface area (Å²) in [5.41, 5.74) is 0.600. The Kier molecular flexibility index (Phi) is 5.16. The van der Waals surface area contributed by atoms with Crippen molar-refractivity contribution in [1.82, 2.24) is 10.2 Å². The van der Waals surface area contributed by atoms with Crippen molar-refractivity contribution in [3.63, 3.8) is 0 Å². The van der Waals surface area contributed by atoms with Gasteiger partial charge in [-0.05, 0) is 36.4 Å². The van der Waals surface area contributed by atoms with Crippen LogP contribution in [0.4, 0.5) is 14.5 Å². The van der Waals surface area contributed by atoms with E-state index in [1.54, 1.807) is 24.3 Å². The Labute approximate surface area is 150 Å². The van der Waals surface area contributed by atoms with Crippen molar-refractivity contribution in [3.8, 4) is 0 Å². The van der Waals surface area contributed by atoms with Crippen LogP contribution in [0.5, 0.6) is 0 Å². The van der Waals surface area contributed by atoms with Gasteiger partial charge in [-0.1, -0.05) is 41.1 Å². The van der Waals surface area contributed by atoms with Crippen LogP contribution in [0.1, 0.15) is 20.4 Å². The Bertz CT molecular complexity index is 944. The first-order chi connectivity index (χ1) is 12.0. The van der Waals surface area contributed by atoms with Crippen molar-refractivity contribution in [2.75, 3.05) is 5.32 Å². The molecule has 0 aliphatic carbocycles. The number of para-hydroxylation sites is 1. The summed E-state index contributed by atoms with van der Waals surface area (Å²) in [6, 6.07) is 11.9. The Morgan fingerprint density at radius 3 is 2.56 bits per heavy atom. The van der Waals surface area contributed by atoms with Crippen LogP contribution in [-0.4, -0.2) is 16.1 Å². The molecule has 0 unspecified atom stereocenters. The van der Waals surface area contributed by atoms with Gasteiger partial charge < -0.3 is 5.32 Å². The number of hydrogen-bond acceptors (Lipinski definition) is 4. The van der Waals surface area contributed by atoms with Crippen molar-refractivity contribution in [1.29, 1.82) is 0 Å². The summed E-state index contributed by atoms with van der Waals surface area (Å²) in [5, 5.41) is 10.7. The smallest absolute Gasteiger partial charge is 0.286 e. The van der Waals surface area contributed by atoms with E-state index in [-0.39, 0.29) is 20.6 Å². The summed E-state index contributed by atoms with van der Waals surface area (Å²) in [5.74, 6) is -1.64. The second kappa shape index (κ2) is 7.50. The van der Waals surface area contributed by atoms with Crippen LogP contribution < -0.4 is 5.32 Å². The van der Waals surface area contributed by atoms with E-state index in [9.17, 15) is 13.6 Å². The molecule has 1 heterocycles. The zero-order valence-electron chi connectivity index (χ0n) is 12.5. The van der Waals surface area contributed by atoms with Crippen LogP contribution in [0, 0.1) is 11.6 Å². The second-order valence-electron chi connectivity index (χ2n) is 4.89. The molecule has 4 nitrogen and oxygen atoms in total. The molecule has 1 amide bonds. The third-order valence-electron chi connectivity index (χ3n) is 3.10. The van der Waals surface area contributed by atoms with Crippen LogP contribution in [0.25, 0.3) is 11.1 Å². The summed E-state index contributed by atoms with van der Waals surface area (Å²) >= 11 is 7.04. The number of benzene rings is 2. The van der Waals surface area contributed by atoms with Gasteiger partial charge in [0.2, 0.25) is 5.01 Å². The normalized spacial score (nSPS) is 11.4. The van der Waals surface area contributed by atoms with Gasteiger partial charge >= 0.3 is 0 Å². The molecule has 0 aliphatic rings. The minimum Gasteiger partial charge on any atom is -0.320 e. The standard InChI is InChI=1S/C17H10ClF2N3OS/c18-13(9-10-8-11(19)6-7-14(10)20)16-22-23-17(25-16)15(24)21-12-4-2-1-3-5-12/h1-9H,(H,21,24)/b13-9+. The lowest BCUT2D eigenvalue weighted by Crippen LogP contribution is -2.11. The third-order valence-corrected chi connectivity index (χ3v) is 4.45. The van der Waals surface area contributed by atoms with Gasteiger partial charge in [-0.15, -0.1) is 10.2 Å². The summed E-state index contributed by atoms with van der Waals surface area (Å²) in [6.45, 7) is 0. The van der Waals surface area contributed by atoms with E-state index in [4.69, 9.17) is 11.6 Å². The van der Waals surface area contributed by atoms with E-state index in [2.05, 4.69) is 15.5 Å². The number of aromatic nitrogens is 2. The van der Waals surface area contributed by atoms with Crippen molar-refractivity contribution in [2.24, 2.45) is 0 Å². The minimum absolute atomic E-state index is 0.0181. The fourth-order valence-corrected chi connectivity index (χ4v) is 2.86. The summed E-state index contributed by atoms with van der Waals surface area (Å²) in [4.78, 5) is 12.1. The third kappa shape index (κ3) is 4.26. The Hall–Kier alpha value is -2.64. The molecule has 0 saturated carbocycles. The molecule has 8 heteroatoms. The highest BCUT2D eigenvalue weighted by atomic mass is 35.5. The van der Waals surface area contributed by atoms with Gasteiger partial charge in [0, 0.05) is 11.3 Å². The number of carbonyl (C=O) groups excluding carboxylic acids is 1. The SMILES string of the molecule is O=C(Nc1ccccc1)c1nnc(/C(Cl)=C\c2cc(F)ccc2F)s1. The highest BCUT2D eigenvalue weighted by molar-refractivity contribution is 7.15. The van der Waals surface area contributed by atoms with Crippen LogP contribution in [0.15, 0.2) is 48.5 Å². The van der Waals surface area contributed by atoms with Crippen molar-refractivity contribution in [3.05, 3.63) is 75.7 Å². The van der Waals surface area contributed by atoms with E-state index in [0.29, 0.717) is 5.69 Å². The first kappa shape index (κ1) is 17.2. The molecular weight excluding hydrogens is 368 g/mol. The van der Waals surface area contributed by atoms with Crippen molar-refractivity contribution >= 4 is 45.6 Å². The average molecular weight is 378 g/mol. The monoisotopic (exact) mass is 377 g/mol. The second-order valence-corrected chi connectivity index (χ2v) is 6.28. The number of amides is 1. The number of hydrogen-bond donors (Lipinski definition) is 1. The molecule has 0 radical (unpaired) electrons. The maximum atomic E-state index is 13.7.